The van der Waals surface area contributed by atoms with Crippen molar-refractivity contribution in [1.82, 2.24) is 9.97 Å². The topological polar surface area (TPSA) is 25.8 Å². The molecule has 9 heavy (non-hydrogen) atoms. The molecule has 0 aliphatic rings. The summed E-state index contributed by atoms with van der Waals surface area (Å²) in [6, 6.07) is 0. The molecule has 0 saturated heterocycles. The van der Waals surface area contributed by atoms with Crippen molar-refractivity contribution in [2.24, 2.45) is 0 Å². The van der Waals surface area contributed by atoms with Crippen LogP contribution in [0.15, 0.2) is 10.7 Å². The molecule has 0 saturated carbocycles. The van der Waals surface area contributed by atoms with Crippen molar-refractivity contribution in [3.8, 4) is 0 Å². The minimum absolute atomic E-state index is 0.815. The SMILES string of the molecule is Cc1ncc(Br)c(C)n1. The van der Waals surface area contributed by atoms with Crippen LogP contribution in [0.5, 0.6) is 0 Å². The highest BCUT2D eigenvalue weighted by Gasteiger charge is 1.93. The van der Waals surface area contributed by atoms with E-state index in [1.54, 1.807) is 6.20 Å². The summed E-state index contributed by atoms with van der Waals surface area (Å²) in [5.74, 6) is 0.815. The number of halogens is 1. The van der Waals surface area contributed by atoms with Crippen molar-refractivity contribution >= 4 is 15.9 Å². The first-order chi connectivity index (χ1) is 4.20. The summed E-state index contributed by atoms with van der Waals surface area (Å²) < 4.78 is 0.966. The average Bonchev–Trinajstić information content (AvgIpc) is 1.80. The number of aromatic nitrogens is 2. The Labute approximate surface area is 62.5 Å². The van der Waals surface area contributed by atoms with Crippen LogP contribution < -0.4 is 0 Å². The van der Waals surface area contributed by atoms with Crippen LogP contribution in [0.1, 0.15) is 11.5 Å². The summed E-state index contributed by atoms with van der Waals surface area (Å²) in [7, 11) is 0. The molecule has 1 rings (SSSR count). The van der Waals surface area contributed by atoms with Crippen LogP contribution in [0.3, 0.4) is 0 Å². The van der Waals surface area contributed by atoms with Crippen molar-refractivity contribution in [2.75, 3.05) is 0 Å². The van der Waals surface area contributed by atoms with Crippen molar-refractivity contribution in [3.63, 3.8) is 0 Å². The molecule has 0 fully saturated rings. The summed E-state index contributed by atoms with van der Waals surface area (Å²) in [4.78, 5) is 8.10. The summed E-state index contributed by atoms with van der Waals surface area (Å²) in [5.41, 5.74) is 0.988. The van der Waals surface area contributed by atoms with Gasteiger partial charge in [0.25, 0.3) is 0 Å². The van der Waals surface area contributed by atoms with E-state index in [9.17, 15) is 0 Å². The van der Waals surface area contributed by atoms with Gasteiger partial charge in [-0.2, -0.15) is 0 Å². The largest absolute Gasteiger partial charge is 0.240 e. The molecule has 48 valence electrons. The second-order valence-electron chi connectivity index (χ2n) is 1.85. The molecule has 1 heterocycles. The Kier molecular flexibility index (Phi) is 1.81. The van der Waals surface area contributed by atoms with Crippen molar-refractivity contribution < 1.29 is 0 Å². The Bertz CT molecular complexity index is 222. The van der Waals surface area contributed by atoms with E-state index in [-0.39, 0.29) is 0 Å². The molecule has 0 aromatic carbocycles. The van der Waals surface area contributed by atoms with Crippen molar-refractivity contribution in [1.29, 1.82) is 0 Å². The molecule has 2 nitrogen and oxygen atoms in total. The molecular formula is C6H7BrN2. The van der Waals surface area contributed by atoms with E-state index in [4.69, 9.17) is 0 Å². The highest BCUT2D eigenvalue weighted by atomic mass is 79.9. The summed E-state index contributed by atoms with van der Waals surface area (Å²) in [6.07, 6.45) is 1.76. The van der Waals surface area contributed by atoms with E-state index in [1.807, 2.05) is 13.8 Å². The predicted octanol–water partition coefficient (Wildman–Crippen LogP) is 1.86. The average molecular weight is 187 g/mol. The molecule has 0 aliphatic carbocycles. The predicted molar refractivity (Wildman–Crippen MR) is 39.2 cm³/mol. The van der Waals surface area contributed by atoms with Gasteiger partial charge in [-0.25, -0.2) is 9.97 Å². The second-order valence-corrected chi connectivity index (χ2v) is 2.70. The van der Waals surface area contributed by atoms with Gasteiger partial charge < -0.3 is 0 Å². The number of hydrogen-bond donors (Lipinski definition) is 0. The molecule has 0 unspecified atom stereocenters. The molecule has 1 aromatic heterocycles. The third kappa shape index (κ3) is 1.48. The minimum Gasteiger partial charge on any atom is -0.240 e. The first-order valence-corrected chi connectivity index (χ1v) is 3.45. The zero-order valence-corrected chi connectivity index (χ0v) is 6.94. The standard InChI is InChI=1S/C6H7BrN2/c1-4-6(7)3-8-5(2)9-4/h3H,1-2H3. The third-order valence-electron chi connectivity index (χ3n) is 1.04. The number of hydrogen-bond acceptors (Lipinski definition) is 2. The highest BCUT2D eigenvalue weighted by molar-refractivity contribution is 9.10. The van der Waals surface area contributed by atoms with Crippen LogP contribution in [-0.2, 0) is 0 Å². The van der Waals surface area contributed by atoms with Gasteiger partial charge >= 0.3 is 0 Å². The normalized spacial score (nSPS) is 9.67. The third-order valence-corrected chi connectivity index (χ3v) is 1.82. The van der Waals surface area contributed by atoms with E-state index in [0.29, 0.717) is 0 Å². The van der Waals surface area contributed by atoms with E-state index in [2.05, 4.69) is 25.9 Å². The first-order valence-electron chi connectivity index (χ1n) is 2.66. The van der Waals surface area contributed by atoms with Crippen LogP contribution in [0.2, 0.25) is 0 Å². The van der Waals surface area contributed by atoms with Gasteiger partial charge in [-0.1, -0.05) is 0 Å². The Hall–Kier alpha value is -0.440. The maximum Gasteiger partial charge on any atom is 0.125 e. The summed E-state index contributed by atoms with van der Waals surface area (Å²) in [6.45, 7) is 3.82. The summed E-state index contributed by atoms with van der Waals surface area (Å²) >= 11 is 3.30. The van der Waals surface area contributed by atoms with E-state index in [0.717, 1.165) is 16.0 Å². The fourth-order valence-electron chi connectivity index (χ4n) is 0.568. The van der Waals surface area contributed by atoms with Crippen LogP contribution >= 0.6 is 15.9 Å². The highest BCUT2D eigenvalue weighted by Crippen LogP contribution is 2.10. The van der Waals surface area contributed by atoms with E-state index in [1.165, 1.54) is 0 Å². The van der Waals surface area contributed by atoms with Gasteiger partial charge in [0.05, 0.1) is 10.2 Å². The van der Waals surface area contributed by atoms with Gasteiger partial charge in [-0.05, 0) is 29.8 Å². The lowest BCUT2D eigenvalue weighted by Crippen LogP contribution is -1.89. The smallest absolute Gasteiger partial charge is 0.125 e. The molecular weight excluding hydrogens is 180 g/mol. The van der Waals surface area contributed by atoms with E-state index < -0.39 is 0 Å². The number of nitrogens with zero attached hydrogens (tertiary/aromatic N) is 2. The molecule has 3 heteroatoms. The quantitative estimate of drug-likeness (QED) is 0.619. The molecule has 0 radical (unpaired) electrons. The van der Waals surface area contributed by atoms with Gasteiger partial charge in [0.2, 0.25) is 0 Å². The van der Waals surface area contributed by atoms with Gasteiger partial charge in [-0.15, -0.1) is 0 Å². The van der Waals surface area contributed by atoms with Crippen molar-refractivity contribution in [2.45, 2.75) is 13.8 Å². The zero-order chi connectivity index (χ0) is 6.85. The van der Waals surface area contributed by atoms with Gasteiger partial charge in [-0.3, -0.25) is 0 Å². The Morgan fingerprint density at radius 1 is 1.44 bits per heavy atom. The number of aryl methyl sites for hydroxylation is 2. The minimum atomic E-state index is 0.815. The molecule has 0 bridgehead atoms. The van der Waals surface area contributed by atoms with Crippen LogP contribution in [0.4, 0.5) is 0 Å². The second kappa shape index (κ2) is 2.43. The van der Waals surface area contributed by atoms with Gasteiger partial charge in [0.1, 0.15) is 5.82 Å². The van der Waals surface area contributed by atoms with Crippen LogP contribution in [0, 0.1) is 13.8 Å². The van der Waals surface area contributed by atoms with Crippen LogP contribution in [-0.4, -0.2) is 9.97 Å². The van der Waals surface area contributed by atoms with Crippen molar-refractivity contribution in [3.05, 3.63) is 22.2 Å². The molecule has 0 amide bonds. The molecule has 1 aromatic rings. The Morgan fingerprint density at radius 3 is 2.56 bits per heavy atom. The van der Waals surface area contributed by atoms with E-state index >= 15 is 0 Å². The molecule has 0 spiro atoms. The maximum atomic E-state index is 4.12. The fraction of sp³-hybridized carbons (Fsp3) is 0.333. The fourth-order valence-corrected chi connectivity index (χ4v) is 0.760. The zero-order valence-electron chi connectivity index (χ0n) is 5.35. The maximum absolute atomic E-state index is 4.12. The molecule has 0 N–H and O–H groups in total. The summed E-state index contributed by atoms with van der Waals surface area (Å²) in [5, 5.41) is 0. The van der Waals surface area contributed by atoms with Gasteiger partial charge in [0, 0.05) is 6.20 Å². The lowest BCUT2D eigenvalue weighted by atomic mass is 10.4. The Morgan fingerprint density at radius 2 is 2.11 bits per heavy atom. The monoisotopic (exact) mass is 186 g/mol. The number of rotatable bonds is 0. The first kappa shape index (κ1) is 6.68. The lowest BCUT2D eigenvalue weighted by molar-refractivity contribution is 0.999. The Balaban J connectivity index is 3.17. The van der Waals surface area contributed by atoms with Crippen LogP contribution in [0.25, 0.3) is 0 Å². The molecule has 0 atom stereocenters. The molecule has 0 aliphatic heterocycles. The lowest BCUT2D eigenvalue weighted by Gasteiger charge is -1.94. The van der Waals surface area contributed by atoms with Gasteiger partial charge in [0.15, 0.2) is 0 Å².